The summed E-state index contributed by atoms with van der Waals surface area (Å²) in [5, 5.41) is 63.9. The molecule has 15 aromatic carbocycles. The van der Waals surface area contributed by atoms with Gasteiger partial charge in [0.1, 0.15) is 46.8 Å². The third-order valence-electron chi connectivity index (χ3n) is 21.3. The second-order valence-electron chi connectivity index (χ2n) is 30.6. The van der Waals surface area contributed by atoms with Crippen LogP contribution in [0.15, 0.2) is 308 Å². The summed E-state index contributed by atoms with van der Waals surface area (Å²) in [4.78, 5) is 67.5. The smallest absolute Gasteiger partial charge is 0.482 e. The minimum absolute atomic E-state index is 0.0156. The minimum atomic E-state index is -1.35. The first-order valence-electron chi connectivity index (χ1n) is 41.9. The Morgan fingerprint density at radius 3 is 1.44 bits per heavy atom. The molecule has 0 saturated carbocycles. The molecule has 0 fully saturated rings. The first-order chi connectivity index (χ1) is 66.3. The van der Waals surface area contributed by atoms with Crippen LogP contribution in [-0.4, -0.2) is 89.9 Å². The van der Waals surface area contributed by atoms with E-state index in [1.165, 1.54) is 27.6 Å². The van der Waals surface area contributed by atoms with Gasteiger partial charge in [-0.2, -0.15) is 10.5 Å². The van der Waals surface area contributed by atoms with Gasteiger partial charge in [0.2, 0.25) is 0 Å². The molecule has 10 N–H and O–H groups in total. The molecule has 24 nitrogen and oxygen atoms in total. The number of anilines is 5. The number of rotatable bonds is 13. The number of amides is 5. The topological polar surface area (TPSA) is 356 Å². The summed E-state index contributed by atoms with van der Waals surface area (Å²) in [7, 11) is -1.35. The number of nitrogens with two attached hydrogens (primary N) is 2. The number of nitrogens with zero attached hydrogens (tertiary/aromatic N) is 4. The van der Waals surface area contributed by atoms with Crippen molar-refractivity contribution in [3.63, 3.8) is 0 Å². The molecule has 0 aliphatic carbocycles. The molecular weight excluding hydrogens is 2080 g/mol. The molecule has 0 atom stereocenters. The van der Waals surface area contributed by atoms with E-state index in [9.17, 15) is 29.2 Å². The molecule has 5 aliphatic heterocycles. The van der Waals surface area contributed by atoms with E-state index in [-0.39, 0.29) is 68.4 Å². The van der Waals surface area contributed by atoms with Gasteiger partial charge >= 0.3 is 7.12 Å². The van der Waals surface area contributed by atoms with Crippen LogP contribution < -0.4 is 70.7 Å². The second kappa shape index (κ2) is 50.5. The maximum atomic E-state index is 12.9. The zero-order valence-electron chi connectivity index (χ0n) is 73.5. The molecule has 0 unspecified atom stereocenters. The lowest BCUT2D eigenvalue weighted by Crippen LogP contribution is -2.38. The van der Waals surface area contributed by atoms with Crippen LogP contribution in [0.3, 0.4) is 0 Å². The summed E-state index contributed by atoms with van der Waals surface area (Å²) in [5.74, 6) is 3.52. The van der Waals surface area contributed by atoms with Crippen LogP contribution in [0, 0.1) is 48.8 Å². The van der Waals surface area contributed by atoms with Crippen LogP contribution in [0.4, 0.5) is 28.4 Å². The monoisotopic (exact) mass is 2160 g/mol. The van der Waals surface area contributed by atoms with Crippen molar-refractivity contribution in [1.29, 1.82) is 15.9 Å². The second-order valence-corrected chi connectivity index (χ2v) is 34.4. The molecule has 20 rings (SSSR count). The van der Waals surface area contributed by atoms with Gasteiger partial charge in [0, 0.05) is 49.2 Å². The number of carbonyl (C=O) groups excluding carboxylic acids is 5. The number of nitrogens with one attached hydrogen (secondary N) is 4. The molecule has 5 aliphatic rings. The Morgan fingerprint density at radius 1 is 0.467 bits per heavy atom. The highest BCUT2D eigenvalue weighted by molar-refractivity contribution is 9.93. The van der Waals surface area contributed by atoms with Crippen LogP contribution in [0.25, 0.3) is 65.7 Å². The van der Waals surface area contributed by atoms with Crippen molar-refractivity contribution in [2.24, 2.45) is 10.9 Å². The first-order valence-corrected chi connectivity index (χ1v) is 49.7. The summed E-state index contributed by atoms with van der Waals surface area (Å²) >= 11 is 27.2. The Morgan fingerprint density at radius 2 is 0.905 bits per heavy atom. The maximum absolute atomic E-state index is 12.9. The number of nitriles is 2. The van der Waals surface area contributed by atoms with Crippen molar-refractivity contribution in [1.82, 2.24) is 0 Å². The number of para-hydroxylation sites is 3. The molecule has 5 heterocycles. The van der Waals surface area contributed by atoms with Gasteiger partial charge in [0.05, 0.1) is 64.8 Å². The van der Waals surface area contributed by atoms with E-state index < -0.39 is 11.4 Å². The van der Waals surface area contributed by atoms with Crippen molar-refractivity contribution in [3.8, 4) is 80.0 Å². The average molecular weight is 2170 g/mol. The highest BCUT2D eigenvalue weighted by Crippen LogP contribution is 2.43. The number of fused-ring (bicyclic) bond motifs is 8. The van der Waals surface area contributed by atoms with Gasteiger partial charge in [0.25, 0.3) is 29.5 Å². The molecule has 137 heavy (non-hydrogen) atoms. The van der Waals surface area contributed by atoms with Gasteiger partial charge in [-0.3, -0.25) is 34.5 Å². The average Bonchev–Trinajstić information content (AvgIpc) is 0.777. The summed E-state index contributed by atoms with van der Waals surface area (Å²) in [6.45, 7) is 7.11. The maximum Gasteiger partial charge on any atom is 0.488 e. The Labute approximate surface area is 842 Å². The molecule has 0 spiro atoms. The molecule has 15 aromatic rings. The Balaban J connectivity index is 0.000000149. The first kappa shape index (κ1) is 103. The van der Waals surface area contributed by atoms with E-state index in [1.807, 2.05) is 244 Å². The number of hydrogen-bond acceptors (Lipinski definition) is 19. The summed E-state index contributed by atoms with van der Waals surface area (Å²) in [6, 6.07) is 101. The van der Waals surface area contributed by atoms with Gasteiger partial charge in [-0.25, -0.2) is 0 Å². The van der Waals surface area contributed by atoms with Gasteiger partial charge in [0.15, 0.2) is 43.1 Å². The van der Waals surface area contributed by atoms with E-state index in [0.29, 0.717) is 70.4 Å². The molecule has 0 aromatic heterocycles. The number of carbonyl (C=O) groups is 5. The molecule has 5 amide bonds. The van der Waals surface area contributed by atoms with Gasteiger partial charge < -0.3 is 70.1 Å². The molecule has 0 bridgehead atoms. The van der Waals surface area contributed by atoms with Crippen LogP contribution >= 0.6 is 107 Å². The largest absolute Gasteiger partial charge is 0.488 e. The molecule has 0 radical (unpaired) electrons. The highest BCUT2D eigenvalue weighted by Gasteiger charge is 2.30. The fourth-order valence-electron chi connectivity index (χ4n) is 14.7. The number of alkyl halides is 4. The predicted octanol–water partition coefficient (Wildman–Crippen LogP) is 22.9. The Bertz CT molecular complexity index is 7020. The SMILES string of the molecule is BrBr.Cc1cccc(-c2ccc3c(c2)N(Cc2ccc4ccc(C#N)cc4c2)C(=O)CO3)c1.Cc1ccccc1-c1ccc2c(c1)NC(=O)CO2.Cc1ccccc1B(O)O.ClC(Cl)Cl.N#Cc1ccc2ccc(CBr)cc2c1.N=C(N)c1ccc2ccc(CN3C(=O)COc4ccc(-c5ccccc5OOSN)cc43)cc2c1.O=C1COc2ccc(Br)cc2N1.O=C1COc2ccccc2N1. The normalized spacial score (nSPS) is 12.5. The number of halogens is 7. The van der Waals surface area contributed by atoms with Crippen LogP contribution in [-0.2, 0) is 46.7 Å². The van der Waals surface area contributed by atoms with Crippen molar-refractivity contribution in [3.05, 3.63) is 358 Å². The van der Waals surface area contributed by atoms with E-state index in [0.717, 1.165) is 121 Å². The standard InChI is InChI=1S/C27H20N2O2.C26H22N4O4S.C15H13NO2.C12H8BrN.C8H6BrNO2.C8H7NO2.C7H9BO2.CHCl3.Br2/c1-18-3-2-4-22(11-18)23-9-10-26-25(14-23)29(27(30)17-31-26)16-20-6-8-21-7-5-19(15-28)12-24(21)13-20;27-26(28)19-8-7-17-6-5-16(11-20(17)12-19)14-30-22-13-18(9-10-24(22)32-15-25(30)31)21-3-1-2-4-23(21)33-34-35-29;1-10-4-2-3-5-12(10)11-6-7-14-13(8-11)16-15(17)9-18-14;13-7-9-1-3-11-4-2-10(8-14)6-12(11)5-9;9-5-1-2-7-6(3-5)10-8(11)4-12-7;10-8-5-11-7-4-2-1-3-6(7)9-8;1-6-4-2-3-5-7(6)8(9)10;2-1(3)4;1-2/h2-14H,16-17H2,1H3;1-13H,14-15,29H2,(H3,27,28);2-8H,9H2,1H3,(H,16,17);1-6H,7H2;1-3H,4H2,(H,10,11);1-4H,5H2,(H,9,10);2-5,9-10H,1H3;1H;. The van der Waals surface area contributed by atoms with Crippen molar-refractivity contribution >= 4 is 216 Å². The number of aryl methyl sites for hydroxylation is 3. The number of ether oxygens (including phenoxy) is 5. The molecule has 694 valence electrons. The number of benzene rings is 15. The van der Waals surface area contributed by atoms with Crippen molar-refractivity contribution in [2.45, 2.75) is 43.5 Å². The predicted molar refractivity (Wildman–Crippen MR) is 560 cm³/mol. The summed E-state index contributed by atoms with van der Waals surface area (Å²) in [5.41, 5.74) is 24.4. The number of hydrogen-bond donors (Lipinski definition) is 8. The lowest BCUT2D eigenvalue weighted by atomic mass is 9.77. The summed E-state index contributed by atoms with van der Waals surface area (Å²) < 4.78 is 32.0. The lowest BCUT2D eigenvalue weighted by molar-refractivity contribution is -0.122. The fraction of sp³-hybridized carbons (Fsp3) is 0.115. The molecular formula is C104H86BBr4Cl3N10O14S. The highest BCUT2D eigenvalue weighted by atomic mass is 80.9. The zero-order valence-corrected chi connectivity index (χ0v) is 82.9. The quantitative estimate of drug-likeness (QED) is 0.00777. The fourth-order valence-corrected chi connectivity index (χ4v) is 15.5. The zero-order chi connectivity index (χ0) is 97.6. The molecule has 33 heteroatoms. The Hall–Kier alpha value is -13.3. The number of amidine groups is 1. The van der Waals surface area contributed by atoms with E-state index >= 15 is 0 Å². The van der Waals surface area contributed by atoms with Gasteiger partial charge in [-0.15, -0.1) is 0 Å². The van der Waals surface area contributed by atoms with Crippen LogP contribution in [0.2, 0.25) is 0 Å². The van der Waals surface area contributed by atoms with Crippen molar-refractivity contribution < 1.29 is 66.9 Å². The van der Waals surface area contributed by atoms with Crippen LogP contribution in [0.1, 0.15) is 50.1 Å². The minimum Gasteiger partial charge on any atom is -0.482 e. The third-order valence-corrected chi connectivity index (χ3v) is 22.6. The van der Waals surface area contributed by atoms with E-state index in [4.69, 9.17) is 99.3 Å². The van der Waals surface area contributed by atoms with E-state index in [2.05, 4.69) is 151 Å². The van der Waals surface area contributed by atoms with Gasteiger partial charge in [-0.1, -0.05) is 270 Å². The summed E-state index contributed by atoms with van der Waals surface area (Å²) in [6.07, 6.45) is 0. The van der Waals surface area contributed by atoms with Gasteiger partial charge in [-0.05, 0) is 224 Å². The number of nitrogen functional groups attached to an aromatic ring is 1. The lowest BCUT2D eigenvalue weighted by Gasteiger charge is -2.30. The third kappa shape index (κ3) is 28.7. The molecule has 0 saturated heterocycles. The van der Waals surface area contributed by atoms with Crippen LogP contribution in [0.5, 0.6) is 34.5 Å². The van der Waals surface area contributed by atoms with E-state index in [1.54, 1.807) is 28.0 Å². The Kier molecular flexibility index (Phi) is 37.9. The van der Waals surface area contributed by atoms with Crippen molar-refractivity contribution in [2.75, 3.05) is 58.8 Å².